The summed E-state index contributed by atoms with van der Waals surface area (Å²) in [6, 6.07) is 0. The van der Waals surface area contributed by atoms with Crippen molar-refractivity contribution in [1.29, 1.82) is 0 Å². The van der Waals surface area contributed by atoms with E-state index in [1.165, 1.54) is 0 Å². The van der Waals surface area contributed by atoms with Crippen molar-refractivity contribution >= 4 is 23.5 Å². The highest BCUT2D eigenvalue weighted by atomic mass is 32.2. The Morgan fingerprint density at radius 2 is 1.92 bits per heavy atom. The third-order valence-corrected chi connectivity index (χ3v) is 5.26. The zero-order valence-electron chi connectivity index (χ0n) is 7.09. The lowest BCUT2D eigenvalue weighted by Crippen LogP contribution is -2.30. The molecule has 0 amide bonds. The summed E-state index contributed by atoms with van der Waals surface area (Å²) in [7, 11) is 0. The first-order chi connectivity index (χ1) is 6.29. The van der Waals surface area contributed by atoms with E-state index in [0.29, 0.717) is 4.58 Å². The topological polar surface area (TPSA) is 40.5 Å². The molecule has 0 radical (unpaired) electrons. The first-order valence-corrected chi connectivity index (χ1v) is 6.36. The first-order valence-electron chi connectivity index (χ1n) is 4.26. The molecule has 0 aromatic carbocycles. The van der Waals surface area contributed by atoms with E-state index in [-0.39, 0.29) is 0 Å². The maximum absolute atomic E-state index is 9.70. The normalized spacial score (nSPS) is 35.1. The quantitative estimate of drug-likeness (QED) is 0.686. The van der Waals surface area contributed by atoms with Crippen molar-refractivity contribution < 1.29 is 10.2 Å². The number of allylic oxidation sites excluding steroid dienone is 2. The van der Waals surface area contributed by atoms with Crippen LogP contribution in [0, 0.1) is 0 Å². The average Bonchev–Trinajstić information content (AvgIpc) is 2.62. The summed E-state index contributed by atoms with van der Waals surface area (Å²) in [6.45, 7) is 0. The van der Waals surface area contributed by atoms with Gasteiger partial charge in [0.1, 0.15) is 12.2 Å². The van der Waals surface area contributed by atoms with E-state index in [4.69, 9.17) is 0 Å². The van der Waals surface area contributed by atoms with Crippen LogP contribution in [0.15, 0.2) is 23.8 Å². The van der Waals surface area contributed by atoms with Crippen LogP contribution in [0.1, 0.15) is 0 Å². The van der Waals surface area contributed by atoms with E-state index in [2.05, 4.69) is 0 Å². The number of hydrogen-bond donors (Lipinski definition) is 2. The number of aliphatic hydroxyl groups excluding tert-OH is 2. The zero-order chi connectivity index (χ0) is 9.26. The molecule has 1 saturated heterocycles. The molecule has 4 heteroatoms. The molecule has 2 aliphatic rings. The monoisotopic (exact) mass is 216 g/mol. The number of rotatable bonds is 1. The summed E-state index contributed by atoms with van der Waals surface area (Å²) in [4.78, 5) is 0. The summed E-state index contributed by atoms with van der Waals surface area (Å²) in [5, 5.41) is 19.1. The van der Waals surface area contributed by atoms with Gasteiger partial charge < -0.3 is 10.2 Å². The SMILES string of the molecule is OC1C=CC=C(C2SCCS2)C1O. The maximum atomic E-state index is 9.70. The minimum absolute atomic E-state index is 0.342. The van der Waals surface area contributed by atoms with Crippen LogP contribution in [0.2, 0.25) is 0 Å². The van der Waals surface area contributed by atoms with Crippen molar-refractivity contribution in [2.24, 2.45) is 0 Å². The fourth-order valence-electron chi connectivity index (χ4n) is 1.45. The Morgan fingerprint density at radius 3 is 2.62 bits per heavy atom. The minimum atomic E-state index is -0.721. The molecule has 2 atom stereocenters. The first kappa shape index (κ1) is 9.65. The Balaban J connectivity index is 2.12. The molecular formula is C9H12O2S2. The molecular weight excluding hydrogens is 204 g/mol. The number of aliphatic hydroxyl groups is 2. The van der Waals surface area contributed by atoms with Gasteiger partial charge in [-0.25, -0.2) is 0 Å². The maximum Gasteiger partial charge on any atom is 0.107 e. The van der Waals surface area contributed by atoms with E-state index in [1.807, 2.05) is 35.7 Å². The van der Waals surface area contributed by atoms with Gasteiger partial charge >= 0.3 is 0 Å². The molecule has 0 aromatic heterocycles. The zero-order valence-corrected chi connectivity index (χ0v) is 8.72. The molecule has 0 aromatic rings. The Labute approximate surface area is 86.1 Å². The molecule has 0 bridgehead atoms. The Bertz CT molecular complexity index is 244. The van der Waals surface area contributed by atoms with E-state index in [9.17, 15) is 10.2 Å². The molecule has 2 nitrogen and oxygen atoms in total. The number of thioether (sulfide) groups is 2. The van der Waals surface area contributed by atoms with Crippen molar-refractivity contribution in [1.82, 2.24) is 0 Å². The summed E-state index contributed by atoms with van der Waals surface area (Å²) < 4.78 is 0.342. The van der Waals surface area contributed by atoms with Gasteiger partial charge in [-0.1, -0.05) is 18.2 Å². The molecule has 1 aliphatic heterocycles. The van der Waals surface area contributed by atoms with Gasteiger partial charge in [-0.15, -0.1) is 23.5 Å². The van der Waals surface area contributed by atoms with Crippen molar-refractivity contribution in [3.05, 3.63) is 23.8 Å². The lowest BCUT2D eigenvalue weighted by Gasteiger charge is -2.24. The van der Waals surface area contributed by atoms with Gasteiger partial charge in [-0.2, -0.15) is 0 Å². The van der Waals surface area contributed by atoms with Crippen LogP contribution in [-0.2, 0) is 0 Å². The highest BCUT2D eigenvalue weighted by molar-refractivity contribution is 8.20. The predicted molar refractivity (Wildman–Crippen MR) is 57.9 cm³/mol. The summed E-state index contributed by atoms with van der Waals surface area (Å²) in [5.74, 6) is 2.28. The fraction of sp³-hybridized carbons (Fsp3) is 0.556. The van der Waals surface area contributed by atoms with Crippen LogP contribution in [0.3, 0.4) is 0 Å². The summed E-state index contributed by atoms with van der Waals surface area (Å²) in [5.41, 5.74) is 0.961. The fourth-order valence-corrected chi connectivity index (χ4v) is 4.43. The molecule has 0 saturated carbocycles. The van der Waals surface area contributed by atoms with Gasteiger partial charge in [0.2, 0.25) is 0 Å². The van der Waals surface area contributed by atoms with Gasteiger partial charge in [-0.05, 0) is 5.57 Å². The number of hydrogen-bond acceptors (Lipinski definition) is 4. The molecule has 0 spiro atoms. The third-order valence-electron chi connectivity index (χ3n) is 2.16. The van der Waals surface area contributed by atoms with Gasteiger partial charge in [-0.3, -0.25) is 0 Å². The Hall–Kier alpha value is 0.1000. The van der Waals surface area contributed by atoms with Crippen LogP contribution >= 0.6 is 23.5 Å². The van der Waals surface area contributed by atoms with Crippen molar-refractivity contribution in [3.63, 3.8) is 0 Å². The van der Waals surface area contributed by atoms with Gasteiger partial charge in [0.05, 0.1) is 4.58 Å². The third kappa shape index (κ3) is 1.96. The smallest absolute Gasteiger partial charge is 0.107 e. The Kier molecular flexibility index (Phi) is 3.03. The van der Waals surface area contributed by atoms with Gasteiger partial charge in [0, 0.05) is 11.5 Å². The molecule has 72 valence electrons. The molecule has 1 aliphatic carbocycles. The standard InChI is InChI=1S/C9H12O2S2/c10-7-3-1-2-6(8(7)11)9-12-4-5-13-9/h1-3,7-11H,4-5H2. The van der Waals surface area contributed by atoms with Crippen LogP contribution in [0.5, 0.6) is 0 Å². The second-order valence-corrected chi connectivity index (χ2v) is 5.78. The summed E-state index contributed by atoms with van der Waals surface area (Å²) in [6.07, 6.45) is 3.95. The van der Waals surface area contributed by atoms with Crippen molar-refractivity contribution in [2.45, 2.75) is 16.8 Å². The van der Waals surface area contributed by atoms with Crippen LogP contribution < -0.4 is 0 Å². The molecule has 2 N–H and O–H groups in total. The van der Waals surface area contributed by atoms with E-state index < -0.39 is 12.2 Å². The Morgan fingerprint density at radius 1 is 1.23 bits per heavy atom. The van der Waals surface area contributed by atoms with Crippen LogP contribution in [0.4, 0.5) is 0 Å². The van der Waals surface area contributed by atoms with Crippen LogP contribution in [-0.4, -0.2) is 38.5 Å². The lowest BCUT2D eigenvalue weighted by molar-refractivity contribution is 0.0714. The molecule has 2 rings (SSSR count). The molecule has 1 heterocycles. The highest BCUT2D eigenvalue weighted by Gasteiger charge is 2.29. The van der Waals surface area contributed by atoms with Crippen molar-refractivity contribution in [3.8, 4) is 0 Å². The van der Waals surface area contributed by atoms with Gasteiger partial charge in [0.25, 0.3) is 0 Å². The predicted octanol–water partition coefficient (Wildman–Crippen LogP) is 1.01. The van der Waals surface area contributed by atoms with Crippen LogP contribution in [0.25, 0.3) is 0 Å². The summed E-state index contributed by atoms with van der Waals surface area (Å²) >= 11 is 3.69. The van der Waals surface area contributed by atoms with E-state index in [1.54, 1.807) is 6.08 Å². The molecule has 1 fully saturated rings. The second-order valence-electron chi connectivity index (χ2n) is 3.06. The highest BCUT2D eigenvalue weighted by Crippen LogP contribution is 2.39. The average molecular weight is 216 g/mol. The lowest BCUT2D eigenvalue weighted by atomic mass is 10.0. The largest absolute Gasteiger partial charge is 0.386 e. The van der Waals surface area contributed by atoms with E-state index in [0.717, 1.165) is 17.1 Å². The van der Waals surface area contributed by atoms with Crippen molar-refractivity contribution in [2.75, 3.05) is 11.5 Å². The minimum Gasteiger partial charge on any atom is -0.386 e. The second kappa shape index (κ2) is 4.09. The molecule has 2 unspecified atom stereocenters. The van der Waals surface area contributed by atoms with E-state index >= 15 is 0 Å². The van der Waals surface area contributed by atoms with Gasteiger partial charge in [0.15, 0.2) is 0 Å². The molecule has 13 heavy (non-hydrogen) atoms.